The molecule has 0 saturated heterocycles. The van der Waals surface area contributed by atoms with Crippen molar-refractivity contribution < 1.29 is 76.9 Å². The van der Waals surface area contributed by atoms with Crippen LogP contribution in [0.4, 0.5) is 26.3 Å². The zero-order valence-electron chi connectivity index (χ0n) is 48.8. The van der Waals surface area contributed by atoms with Crippen molar-refractivity contribution in [3.8, 4) is 11.5 Å². The summed E-state index contributed by atoms with van der Waals surface area (Å²) in [6.45, 7) is 13.8. The average molecular weight is 1300 g/mol. The molecule has 8 aliphatic carbocycles. The summed E-state index contributed by atoms with van der Waals surface area (Å²) in [5.74, 6) is 2.40. The van der Waals surface area contributed by atoms with Gasteiger partial charge in [0.25, 0.3) is 15.9 Å². The fourth-order valence-corrected chi connectivity index (χ4v) is 17.9. The minimum Gasteiger partial charge on any atom is -0.478 e. The molecule has 4 saturated carbocycles. The Balaban J connectivity index is 0.000000225. The number of alkyl halides is 8. The van der Waals surface area contributed by atoms with Crippen molar-refractivity contribution in [1.82, 2.24) is 4.72 Å². The molecule has 2 aromatic carbocycles. The molecule has 10 rings (SSSR count). The summed E-state index contributed by atoms with van der Waals surface area (Å²) in [7, 11) is -8.17. The normalized spacial score (nSPS) is 32.1. The van der Waals surface area contributed by atoms with Gasteiger partial charge < -0.3 is 14.6 Å². The first-order valence-corrected chi connectivity index (χ1v) is 33.0. The number of carbonyl (C=O) groups is 4. The Hall–Kier alpha value is -5.22. The molecular weight excluding hydrogens is 1220 g/mol. The minimum atomic E-state index is -4.89. The number of fused-ring (bicyclic) bond motifs is 10. The molecule has 0 aliphatic heterocycles. The molecule has 1 amide bonds. The largest absolute Gasteiger partial charge is 0.573 e. The minimum absolute atomic E-state index is 0. The number of carboxylic acids is 1. The third kappa shape index (κ3) is 16.2. The number of hydrogen-bond acceptors (Lipinski definition) is 10. The molecule has 87 heavy (non-hydrogen) atoms. The summed E-state index contributed by atoms with van der Waals surface area (Å²) in [5.41, 5.74) is 3.00. The Morgan fingerprint density at radius 2 is 1.02 bits per heavy atom. The molecule has 8 aliphatic rings. The predicted molar refractivity (Wildman–Crippen MR) is 321 cm³/mol. The van der Waals surface area contributed by atoms with E-state index in [2.05, 4.69) is 75.3 Å². The van der Waals surface area contributed by atoms with Crippen molar-refractivity contribution in [3.05, 3.63) is 120 Å². The monoisotopic (exact) mass is 1300 g/mol. The lowest BCUT2D eigenvalue weighted by molar-refractivity contribution is -0.275. The van der Waals surface area contributed by atoms with E-state index in [-0.39, 0.29) is 61.7 Å². The highest BCUT2D eigenvalue weighted by atomic mass is 35.5. The van der Waals surface area contributed by atoms with Crippen LogP contribution < -0.4 is 19.3 Å². The first-order chi connectivity index (χ1) is 40.0. The molecule has 4 fully saturated rings. The number of carboxylic acid groups (broad SMARTS) is 1. The van der Waals surface area contributed by atoms with Gasteiger partial charge in [-0.25, -0.2) is 31.5 Å². The summed E-state index contributed by atoms with van der Waals surface area (Å²) in [5, 5.41) is 13.9. The second kappa shape index (κ2) is 27.5. The molecule has 2 aromatic rings. The maximum atomic E-state index is 12.6. The van der Waals surface area contributed by atoms with E-state index in [4.69, 9.17) is 33.4 Å². The predicted octanol–water partition coefficient (Wildman–Crippen LogP) is 15.0. The Kier molecular flexibility index (Phi) is 22.4. The van der Waals surface area contributed by atoms with Gasteiger partial charge in [-0.15, -0.1) is 49.5 Å². The number of allylic oxidation sites excluding steroid dienone is 10. The van der Waals surface area contributed by atoms with E-state index < -0.39 is 56.1 Å². The maximum Gasteiger partial charge on any atom is 0.573 e. The van der Waals surface area contributed by atoms with Gasteiger partial charge in [-0.3, -0.25) is 14.4 Å². The van der Waals surface area contributed by atoms with E-state index in [9.17, 15) is 62.4 Å². The standard InChI is InChI=1S/C31H36F3NO5S.C24H32O3.C7H6F3NO3S.CH2Cl2.CH4/c1-19(4-13-28(37)35-41(38,39)23-8-6-22(7-9-23)40-31(32,33)34)25-11-12-26-24-10-5-20-18-21(36)14-16-29(20,2)27(24)15-17-30(25,26)3;1-15(4-9-22(26)27)19-7-8-20-18-6-5-16-14-17(25)10-12-23(16,2)21(18)11-13-24(19,20)3;8-7(9,10)14-5-1-3-6(4-2-5)15(11,12)13;2-1-3;/h4-10,13,18-19,24-27H,11-12,14-17H2,1-3H3,(H,35,37);4-6,9,14-15,18-21H,7-8,10-13H2,1-3H3,(H,26,27);1-4H,(H2,11,12,13);1H2;1H4/b13-4+;9-4+;;;/t19-,24?,25?,26?,27?,29+,30-;15-,18?,19?,20?,21?,23+,24-;;;/m11.../s1. The lowest BCUT2D eigenvalue weighted by Crippen LogP contribution is -2.49. The van der Waals surface area contributed by atoms with E-state index in [1.807, 2.05) is 23.0 Å². The van der Waals surface area contributed by atoms with Crippen LogP contribution in [-0.4, -0.2) is 63.4 Å². The number of primary sulfonamides is 1. The molecule has 13 nitrogen and oxygen atoms in total. The second-order valence-corrected chi connectivity index (χ2v) is 29.2. The van der Waals surface area contributed by atoms with Crippen LogP contribution in [0.3, 0.4) is 0 Å². The van der Waals surface area contributed by atoms with E-state index in [0.29, 0.717) is 66.1 Å². The quantitative estimate of drug-likeness (QED) is 0.109. The zero-order valence-corrected chi connectivity index (χ0v) is 52.0. The van der Waals surface area contributed by atoms with Gasteiger partial charge in [-0.05, 0) is 217 Å². The lowest BCUT2D eigenvalue weighted by Gasteiger charge is -2.56. The van der Waals surface area contributed by atoms with E-state index in [0.717, 1.165) is 87.1 Å². The Morgan fingerprint density at radius 3 is 1.39 bits per heavy atom. The molecule has 480 valence electrons. The number of amides is 1. The number of ether oxygens (including phenoxy) is 2. The molecule has 23 heteroatoms. The summed E-state index contributed by atoms with van der Waals surface area (Å²) in [4.78, 5) is 46.9. The van der Waals surface area contributed by atoms with Crippen molar-refractivity contribution >= 4 is 66.7 Å². The summed E-state index contributed by atoms with van der Waals surface area (Å²) in [6.07, 6.45) is 21.8. The fraction of sp³-hybridized carbons (Fsp3) is 0.562. The third-order valence-corrected chi connectivity index (χ3v) is 22.8. The van der Waals surface area contributed by atoms with Crippen LogP contribution in [0.15, 0.2) is 130 Å². The number of carbonyl (C=O) groups excluding carboxylic acids is 3. The lowest BCUT2D eigenvalue weighted by atomic mass is 9.48. The number of ketones is 2. The van der Waals surface area contributed by atoms with Crippen molar-refractivity contribution in [1.29, 1.82) is 0 Å². The van der Waals surface area contributed by atoms with E-state index >= 15 is 0 Å². The molecule has 4 N–H and O–H groups in total. The molecular formula is C64H80Cl2F6N2O11S2. The van der Waals surface area contributed by atoms with Gasteiger partial charge in [0.05, 0.1) is 15.1 Å². The molecule has 0 bridgehead atoms. The fourth-order valence-electron chi connectivity index (χ4n) is 16.4. The molecule has 0 aromatic heterocycles. The molecule has 14 atom stereocenters. The number of rotatable bonds is 11. The highest BCUT2D eigenvalue weighted by molar-refractivity contribution is 7.90. The smallest absolute Gasteiger partial charge is 0.478 e. The van der Waals surface area contributed by atoms with Gasteiger partial charge >= 0.3 is 18.7 Å². The zero-order chi connectivity index (χ0) is 63.6. The molecule has 0 spiro atoms. The first kappa shape index (κ1) is 70.9. The van der Waals surface area contributed by atoms with Crippen LogP contribution in [-0.2, 0) is 39.2 Å². The number of halogens is 8. The Labute approximate surface area is 517 Å². The molecule has 8 unspecified atom stereocenters. The van der Waals surface area contributed by atoms with Crippen molar-refractivity contribution in [3.63, 3.8) is 0 Å². The van der Waals surface area contributed by atoms with Crippen LogP contribution in [0.25, 0.3) is 0 Å². The average Bonchev–Trinajstić information content (AvgIpc) is 1.77. The topological polar surface area (TPSA) is 213 Å². The van der Waals surface area contributed by atoms with E-state index in [1.54, 1.807) is 6.08 Å². The SMILES string of the molecule is C.C[C@H](/C=C/C(=O)NS(=O)(=O)c1ccc(OC(F)(F)F)cc1)C1CCC2C3C=CC4=CC(=O)CC[C@]4(C)C3CC[C@@]21C.C[C@H](/C=C/C(=O)O)C1CCC2C3C=CC4=CC(=O)CC[C@]4(C)C3CC[C@@]21C.ClCCl.NS(=O)(=O)c1ccc(OC(F)(F)F)cc1. The third-order valence-electron chi connectivity index (χ3n) is 20.5. The van der Waals surface area contributed by atoms with E-state index in [1.165, 1.54) is 49.0 Å². The van der Waals surface area contributed by atoms with Crippen molar-refractivity contribution in [2.45, 2.75) is 149 Å². The van der Waals surface area contributed by atoms with Gasteiger partial charge in [-0.2, -0.15) is 0 Å². The maximum absolute atomic E-state index is 12.6. The van der Waals surface area contributed by atoms with Gasteiger partial charge in [0.2, 0.25) is 10.0 Å². The van der Waals surface area contributed by atoms with Gasteiger partial charge in [-0.1, -0.05) is 85.4 Å². The number of benzene rings is 2. The van der Waals surface area contributed by atoms with Gasteiger partial charge in [0.15, 0.2) is 11.6 Å². The highest BCUT2D eigenvalue weighted by Gasteiger charge is 2.60. The highest BCUT2D eigenvalue weighted by Crippen LogP contribution is 2.68. The first-order valence-electron chi connectivity index (χ1n) is 28.9. The number of aliphatic carboxylic acids is 1. The summed E-state index contributed by atoms with van der Waals surface area (Å²) in [6, 6.07) is 7.24. The van der Waals surface area contributed by atoms with Crippen LogP contribution in [0.2, 0.25) is 0 Å². The van der Waals surface area contributed by atoms with Crippen molar-refractivity contribution in [2.24, 2.45) is 86.0 Å². The molecule has 0 radical (unpaired) electrons. The van der Waals surface area contributed by atoms with Crippen LogP contribution >= 0.6 is 23.2 Å². The number of nitrogens with two attached hydrogens (primary N) is 1. The van der Waals surface area contributed by atoms with Gasteiger partial charge in [0.1, 0.15) is 11.5 Å². The van der Waals surface area contributed by atoms with Crippen LogP contribution in [0, 0.1) is 80.8 Å². The number of sulfonamides is 2. The van der Waals surface area contributed by atoms with Crippen LogP contribution in [0.1, 0.15) is 126 Å². The number of nitrogens with one attached hydrogen (secondary N) is 1. The Bertz CT molecular complexity index is 3280. The van der Waals surface area contributed by atoms with Crippen molar-refractivity contribution in [2.75, 3.05) is 5.34 Å². The number of hydrogen-bond donors (Lipinski definition) is 3. The molecule has 0 heterocycles. The summed E-state index contributed by atoms with van der Waals surface area (Å²) < 4.78 is 128. The Morgan fingerprint density at radius 1 is 0.644 bits per heavy atom. The second-order valence-electron chi connectivity index (χ2n) is 25.2. The summed E-state index contributed by atoms with van der Waals surface area (Å²) >= 11 is 9.53. The van der Waals surface area contributed by atoms with Crippen LogP contribution in [0.5, 0.6) is 11.5 Å². The van der Waals surface area contributed by atoms with Gasteiger partial charge in [0, 0.05) is 25.0 Å².